The Bertz CT molecular complexity index is 876. The first-order valence-corrected chi connectivity index (χ1v) is 12.1. The maximum atomic E-state index is 13.5. The third-order valence-electron chi connectivity index (χ3n) is 5.19. The van der Waals surface area contributed by atoms with E-state index in [2.05, 4.69) is 0 Å². The first-order chi connectivity index (χ1) is 16.4. The fourth-order valence-corrected chi connectivity index (χ4v) is 3.56. The number of carbonyl (C=O) groups excluding carboxylic acids is 2. The lowest BCUT2D eigenvalue weighted by Gasteiger charge is -2.23. The molecule has 0 aromatic heterocycles. The summed E-state index contributed by atoms with van der Waals surface area (Å²) in [5.74, 6) is -0.306. The van der Waals surface area contributed by atoms with E-state index in [1.165, 1.54) is 12.1 Å². The average molecular weight is 495 g/mol. The van der Waals surface area contributed by atoms with E-state index >= 15 is 0 Å². The lowest BCUT2D eigenvalue weighted by molar-refractivity contribution is -0.114. The van der Waals surface area contributed by atoms with Gasteiger partial charge in [-0.2, -0.15) is 0 Å². The van der Waals surface area contributed by atoms with Crippen LogP contribution in [0, 0.1) is 5.92 Å². The van der Waals surface area contributed by atoms with Crippen LogP contribution in [0.2, 0.25) is 5.02 Å². The van der Waals surface area contributed by atoms with Crippen LogP contribution in [0.1, 0.15) is 62.9 Å². The average Bonchev–Trinajstić information content (AvgIpc) is 2.79. The summed E-state index contributed by atoms with van der Waals surface area (Å²) in [4.78, 5) is 26.2. The predicted octanol–water partition coefficient (Wildman–Crippen LogP) is 5.67. The molecule has 1 aliphatic rings. The van der Waals surface area contributed by atoms with Crippen LogP contribution in [-0.4, -0.2) is 44.7 Å². The number of carbonyl (C=O) groups is 2. The van der Waals surface area contributed by atoms with E-state index in [4.69, 9.17) is 35.3 Å². The minimum atomic E-state index is -0.610. The van der Waals surface area contributed by atoms with Crippen LogP contribution >= 0.6 is 11.6 Å². The minimum Gasteiger partial charge on any atom is -0.466 e. The number of fused-ring (bicyclic) bond motifs is 1. The Labute approximate surface area is 207 Å². The number of rotatable bonds is 9. The van der Waals surface area contributed by atoms with E-state index in [0.29, 0.717) is 19.6 Å². The SMILES string of the molecule is CCOCOc1cc(OCOCC)c2c(c1Cl)CC(=O)C=CCCC=CC[C@@H](C(C)C)OC2=O. The summed E-state index contributed by atoms with van der Waals surface area (Å²) in [6, 6.07) is 1.51. The summed E-state index contributed by atoms with van der Waals surface area (Å²) in [5.41, 5.74) is 0.388. The molecule has 1 heterocycles. The zero-order chi connectivity index (χ0) is 24.9. The van der Waals surface area contributed by atoms with E-state index in [1.807, 2.05) is 45.9 Å². The maximum absolute atomic E-state index is 13.5. The summed E-state index contributed by atoms with van der Waals surface area (Å²) in [7, 11) is 0. The molecule has 7 nitrogen and oxygen atoms in total. The van der Waals surface area contributed by atoms with Crippen LogP contribution in [0.4, 0.5) is 0 Å². The van der Waals surface area contributed by atoms with Crippen LogP contribution in [0.15, 0.2) is 30.4 Å². The molecule has 0 fully saturated rings. The Balaban J connectivity index is 2.60. The molecule has 0 N–H and O–H groups in total. The van der Waals surface area contributed by atoms with Crippen molar-refractivity contribution in [3.05, 3.63) is 46.5 Å². The predicted molar refractivity (Wildman–Crippen MR) is 131 cm³/mol. The molecule has 0 amide bonds. The summed E-state index contributed by atoms with van der Waals surface area (Å²) in [6.07, 6.45) is 9.02. The lowest BCUT2D eigenvalue weighted by atomic mass is 9.98. The molecule has 0 saturated carbocycles. The minimum absolute atomic E-state index is 0.0417. The third-order valence-corrected chi connectivity index (χ3v) is 5.61. The quantitative estimate of drug-likeness (QED) is 0.189. The zero-order valence-electron chi connectivity index (χ0n) is 20.4. The van der Waals surface area contributed by atoms with E-state index in [9.17, 15) is 9.59 Å². The number of esters is 1. The molecule has 0 spiro atoms. The van der Waals surface area contributed by atoms with Crippen LogP contribution in [0.3, 0.4) is 0 Å². The number of benzene rings is 1. The third kappa shape index (κ3) is 8.46. The van der Waals surface area contributed by atoms with Gasteiger partial charge in [0.15, 0.2) is 19.4 Å². The molecular formula is C26H35ClO7. The van der Waals surface area contributed by atoms with Crippen molar-refractivity contribution in [1.29, 1.82) is 0 Å². The lowest BCUT2D eigenvalue weighted by Crippen LogP contribution is -2.25. The van der Waals surface area contributed by atoms with Gasteiger partial charge in [-0.15, -0.1) is 0 Å². The second-order valence-corrected chi connectivity index (χ2v) is 8.45. The number of hydrogen-bond donors (Lipinski definition) is 0. The van der Waals surface area contributed by atoms with Crippen molar-refractivity contribution >= 4 is 23.4 Å². The molecule has 0 aliphatic carbocycles. The summed E-state index contributed by atoms with van der Waals surface area (Å²) >= 11 is 6.66. The monoisotopic (exact) mass is 494 g/mol. The Morgan fingerprint density at radius 3 is 2.29 bits per heavy atom. The fourth-order valence-electron chi connectivity index (χ4n) is 3.29. The van der Waals surface area contributed by atoms with E-state index in [-0.39, 0.29) is 65.5 Å². The highest BCUT2D eigenvalue weighted by Gasteiger charge is 2.29. The first-order valence-electron chi connectivity index (χ1n) is 11.7. The van der Waals surface area contributed by atoms with Gasteiger partial charge in [0.05, 0.1) is 5.02 Å². The molecule has 188 valence electrons. The second-order valence-electron chi connectivity index (χ2n) is 8.07. The molecular weight excluding hydrogens is 460 g/mol. The van der Waals surface area contributed by atoms with Gasteiger partial charge in [-0.3, -0.25) is 4.79 Å². The Hall–Kier alpha value is -2.35. The van der Waals surface area contributed by atoms with Gasteiger partial charge in [0.1, 0.15) is 23.2 Å². The van der Waals surface area contributed by atoms with Crippen LogP contribution in [0.5, 0.6) is 11.5 Å². The summed E-state index contributed by atoms with van der Waals surface area (Å²) in [6.45, 7) is 8.41. The number of hydrogen-bond acceptors (Lipinski definition) is 7. The maximum Gasteiger partial charge on any atom is 0.342 e. The van der Waals surface area contributed by atoms with Crippen molar-refractivity contribution < 1.29 is 33.3 Å². The van der Waals surface area contributed by atoms with E-state index in [0.717, 1.165) is 12.8 Å². The van der Waals surface area contributed by atoms with Crippen molar-refractivity contribution in [2.24, 2.45) is 5.92 Å². The van der Waals surface area contributed by atoms with Crippen molar-refractivity contribution in [2.75, 3.05) is 26.8 Å². The molecule has 0 bridgehead atoms. The number of ketones is 1. The highest BCUT2D eigenvalue weighted by molar-refractivity contribution is 6.33. The normalized spacial score (nSPS) is 17.3. The summed E-state index contributed by atoms with van der Waals surface area (Å²) < 4.78 is 27.9. The van der Waals surface area contributed by atoms with Crippen LogP contribution < -0.4 is 9.47 Å². The summed E-state index contributed by atoms with van der Waals surface area (Å²) in [5, 5.41) is 0.144. The molecule has 0 unspecified atom stereocenters. The van der Waals surface area contributed by atoms with Gasteiger partial charge in [-0.05, 0) is 38.7 Å². The van der Waals surface area contributed by atoms with Gasteiger partial charge in [0.2, 0.25) is 0 Å². The topological polar surface area (TPSA) is 80.3 Å². The zero-order valence-corrected chi connectivity index (χ0v) is 21.2. The fraction of sp³-hybridized carbons (Fsp3) is 0.538. The number of halogens is 1. The highest BCUT2D eigenvalue weighted by atomic mass is 35.5. The standard InChI is InChI=1S/C26H35ClO7/c1-5-30-16-32-22-15-23(33-17-31-6-2)25(27)20-14-19(28)12-10-8-7-9-11-13-21(18(3)4)34-26(29)24(20)22/h9-12,15,18,21H,5-8,13-14,16-17H2,1-4H3/t21-/m0/s1. The van der Waals surface area contributed by atoms with Gasteiger partial charge in [0, 0.05) is 37.7 Å². The van der Waals surface area contributed by atoms with Crippen molar-refractivity contribution in [1.82, 2.24) is 0 Å². The van der Waals surface area contributed by atoms with Gasteiger partial charge < -0.3 is 23.7 Å². The smallest absolute Gasteiger partial charge is 0.342 e. The molecule has 1 aromatic rings. The van der Waals surface area contributed by atoms with Gasteiger partial charge in [-0.25, -0.2) is 4.79 Å². The van der Waals surface area contributed by atoms with E-state index in [1.54, 1.807) is 0 Å². The second kappa shape index (κ2) is 14.8. The number of allylic oxidation sites excluding steroid dienone is 3. The van der Waals surface area contributed by atoms with Gasteiger partial charge in [0.25, 0.3) is 0 Å². The van der Waals surface area contributed by atoms with Crippen LogP contribution in [-0.2, 0) is 25.4 Å². The molecule has 2 rings (SSSR count). The van der Waals surface area contributed by atoms with Gasteiger partial charge in [-0.1, -0.05) is 43.7 Å². The molecule has 1 atom stereocenters. The largest absolute Gasteiger partial charge is 0.466 e. The number of cyclic esters (lactones) is 1. The number of ether oxygens (including phenoxy) is 5. The Morgan fingerprint density at radius 1 is 1.00 bits per heavy atom. The Morgan fingerprint density at radius 2 is 1.65 bits per heavy atom. The van der Waals surface area contributed by atoms with Gasteiger partial charge >= 0.3 is 5.97 Å². The van der Waals surface area contributed by atoms with Crippen LogP contribution in [0.25, 0.3) is 0 Å². The molecule has 0 radical (unpaired) electrons. The molecule has 1 aromatic carbocycles. The molecule has 8 heteroatoms. The van der Waals surface area contributed by atoms with Crippen molar-refractivity contribution in [3.8, 4) is 11.5 Å². The highest BCUT2D eigenvalue weighted by Crippen LogP contribution is 2.39. The molecule has 34 heavy (non-hydrogen) atoms. The van der Waals surface area contributed by atoms with Crippen molar-refractivity contribution in [3.63, 3.8) is 0 Å². The molecule has 0 saturated heterocycles. The van der Waals surface area contributed by atoms with E-state index < -0.39 is 5.97 Å². The Kier molecular flexibility index (Phi) is 12.2. The molecule has 1 aliphatic heterocycles. The van der Waals surface area contributed by atoms with Crippen molar-refractivity contribution in [2.45, 2.75) is 59.5 Å². The first kappa shape index (κ1) is 27.9.